The van der Waals surface area contributed by atoms with Crippen LogP contribution in [0.2, 0.25) is 0 Å². The first-order valence-electron chi connectivity index (χ1n) is 9.26. The van der Waals surface area contributed by atoms with Crippen LogP contribution in [0.15, 0.2) is 42.7 Å². The van der Waals surface area contributed by atoms with E-state index in [1.54, 1.807) is 7.11 Å². The van der Waals surface area contributed by atoms with Gasteiger partial charge in [0.2, 0.25) is 5.91 Å². The number of rotatable bonds is 8. The Morgan fingerprint density at radius 3 is 2.74 bits per heavy atom. The first-order valence-corrected chi connectivity index (χ1v) is 9.26. The van der Waals surface area contributed by atoms with Crippen LogP contribution in [0.25, 0.3) is 5.69 Å². The molecule has 2 aromatic rings. The summed E-state index contributed by atoms with van der Waals surface area (Å²) in [6, 6.07) is 9.98. The summed E-state index contributed by atoms with van der Waals surface area (Å²) in [5.74, 6) is 0.0893. The van der Waals surface area contributed by atoms with E-state index in [-0.39, 0.29) is 23.7 Å². The van der Waals surface area contributed by atoms with Crippen LogP contribution in [0.3, 0.4) is 0 Å². The summed E-state index contributed by atoms with van der Waals surface area (Å²) < 4.78 is 7.24. The summed E-state index contributed by atoms with van der Waals surface area (Å²) in [4.78, 5) is 12.3. The zero-order chi connectivity index (χ0) is 18.2. The molecule has 0 aliphatic carbocycles. The molecule has 1 saturated heterocycles. The molecule has 0 spiro atoms. The Bertz CT molecular complexity index is 694. The quantitative estimate of drug-likeness (QED) is 0.723. The second-order valence-electron chi connectivity index (χ2n) is 7.09. The van der Waals surface area contributed by atoms with Crippen LogP contribution < -0.4 is 10.6 Å². The van der Waals surface area contributed by atoms with Crippen LogP contribution in [-0.2, 0) is 16.0 Å². The number of carbonyl (C=O) groups excluding carboxylic acids is 1. The molecule has 148 valence electrons. The number of carbonyl (C=O) groups is 1. The highest BCUT2D eigenvalue weighted by Crippen LogP contribution is 2.28. The van der Waals surface area contributed by atoms with E-state index in [0.717, 1.165) is 37.2 Å². The van der Waals surface area contributed by atoms with Crippen molar-refractivity contribution in [3.63, 3.8) is 0 Å². The summed E-state index contributed by atoms with van der Waals surface area (Å²) in [6.45, 7) is 3.35. The van der Waals surface area contributed by atoms with Crippen molar-refractivity contribution in [2.24, 2.45) is 5.41 Å². The largest absolute Gasteiger partial charge is 0.384 e. The first kappa shape index (κ1) is 21.4. The Morgan fingerprint density at radius 2 is 2.04 bits per heavy atom. The number of ether oxygens (including phenoxy) is 1. The van der Waals surface area contributed by atoms with Gasteiger partial charge in [-0.25, -0.2) is 4.68 Å². The Balaban J connectivity index is 0.00000261. The van der Waals surface area contributed by atoms with E-state index in [9.17, 15) is 4.79 Å². The average Bonchev–Trinajstić information content (AvgIpc) is 3.16. The fourth-order valence-corrected chi connectivity index (χ4v) is 3.48. The molecular weight excluding hydrogens is 364 g/mol. The lowest BCUT2D eigenvalue weighted by atomic mass is 9.79. The number of para-hydroxylation sites is 1. The molecule has 1 aliphatic heterocycles. The predicted octanol–water partition coefficient (Wildman–Crippen LogP) is 2.36. The average molecular weight is 393 g/mol. The van der Waals surface area contributed by atoms with Gasteiger partial charge in [0.25, 0.3) is 0 Å². The zero-order valence-electron chi connectivity index (χ0n) is 15.8. The minimum absolute atomic E-state index is 0. The van der Waals surface area contributed by atoms with Crippen molar-refractivity contribution in [2.45, 2.75) is 25.7 Å². The van der Waals surface area contributed by atoms with E-state index in [2.05, 4.69) is 15.7 Å². The van der Waals surface area contributed by atoms with Gasteiger partial charge in [-0.3, -0.25) is 4.79 Å². The third-order valence-electron chi connectivity index (χ3n) is 5.07. The molecule has 0 bridgehead atoms. The summed E-state index contributed by atoms with van der Waals surface area (Å²) in [5, 5.41) is 10.9. The van der Waals surface area contributed by atoms with Gasteiger partial charge in [0.15, 0.2) is 0 Å². The standard InChI is InChI=1S/C20H28N4O2.ClH/c1-26-16-20(9-11-21-12-10-20)15-22-19(25)8-7-17-13-23-24(14-17)18-5-3-2-4-6-18;/h2-6,13-14,21H,7-12,15-16H2,1H3,(H,22,25);1H. The van der Waals surface area contributed by atoms with E-state index in [0.29, 0.717) is 26.0 Å². The van der Waals surface area contributed by atoms with Crippen LogP contribution in [0.1, 0.15) is 24.8 Å². The van der Waals surface area contributed by atoms with E-state index in [1.165, 1.54) is 0 Å². The molecule has 1 aromatic carbocycles. The Morgan fingerprint density at radius 1 is 1.30 bits per heavy atom. The number of hydrogen-bond acceptors (Lipinski definition) is 4. The normalized spacial score (nSPS) is 15.7. The lowest BCUT2D eigenvalue weighted by Gasteiger charge is -2.37. The Hall–Kier alpha value is -1.89. The number of methoxy groups -OCH3 is 1. The highest BCUT2D eigenvalue weighted by molar-refractivity contribution is 5.85. The molecule has 2 N–H and O–H groups in total. The second-order valence-corrected chi connectivity index (χ2v) is 7.09. The fraction of sp³-hybridized carbons (Fsp3) is 0.500. The van der Waals surface area contributed by atoms with Crippen molar-refractivity contribution in [3.05, 3.63) is 48.3 Å². The van der Waals surface area contributed by atoms with Crippen molar-refractivity contribution < 1.29 is 9.53 Å². The highest BCUT2D eigenvalue weighted by atomic mass is 35.5. The molecule has 0 saturated carbocycles. The molecule has 0 atom stereocenters. The van der Waals surface area contributed by atoms with Gasteiger partial charge in [-0.2, -0.15) is 5.10 Å². The number of nitrogens with one attached hydrogen (secondary N) is 2. The third kappa shape index (κ3) is 6.06. The Kier molecular flexibility index (Phi) is 8.28. The van der Waals surface area contributed by atoms with Crippen LogP contribution in [0.4, 0.5) is 0 Å². The van der Waals surface area contributed by atoms with Gasteiger partial charge in [-0.05, 0) is 50.0 Å². The van der Waals surface area contributed by atoms with Gasteiger partial charge in [-0.15, -0.1) is 12.4 Å². The molecular formula is C20H29ClN4O2. The minimum atomic E-state index is 0. The van der Waals surface area contributed by atoms with Crippen molar-refractivity contribution in [2.75, 3.05) is 33.4 Å². The van der Waals surface area contributed by atoms with E-state index in [1.807, 2.05) is 47.4 Å². The molecule has 1 amide bonds. The van der Waals surface area contributed by atoms with E-state index < -0.39 is 0 Å². The van der Waals surface area contributed by atoms with Gasteiger partial charge in [0.1, 0.15) is 0 Å². The van der Waals surface area contributed by atoms with Gasteiger partial charge < -0.3 is 15.4 Å². The number of piperidine rings is 1. The summed E-state index contributed by atoms with van der Waals surface area (Å²) in [7, 11) is 1.73. The van der Waals surface area contributed by atoms with E-state index >= 15 is 0 Å². The maximum atomic E-state index is 12.3. The van der Waals surface area contributed by atoms with Gasteiger partial charge >= 0.3 is 0 Å². The first-order chi connectivity index (χ1) is 12.7. The highest BCUT2D eigenvalue weighted by Gasteiger charge is 2.32. The van der Waals surface area contributed by atoms with Crippen molar-refractivity contribution in [1.29, 1.82) is 0 Å². The number of halogens is 1. The van der Waals surface area contributed by atoms with Crippen LogP contribution >= 0.6 is 12.4 Å². The maximum absolute atomic E-state index is 12.3. The lowest BCUT2D eigenvalue weighted by molar-refractivity contribution is -0.122. The summed E-state index contributed by atoms with van der Waals surface area (Å²) in [5.41, 5.74) is 2.15. The molecule has 7 heteroatoms. The van der Waals surface area contributed by atoms with Crippen molar-refractivity contribution in [3.8, 4) is 5.69 Å². The van der Waals surface area contributed by atoms with Crippen LogP contribution in [0.5, 0.6) is 0 Å². The molecule has 27 heavy (non-hydrogen) atoms. The molecule has 2 heterocycles. The number of benzene rings is 1. The van der Waals surface area contributed by atoms with Gasteiger partial charge in [0, 0.05) is 31.7 Å². The Labute approximate surface area is 167 Å². The molecule has 3 rings (SSSR count). The van der Waals surface area contributed by atoms with E-state index in [4.69, 9.17) is 4.74 Å². The van der Waals surface area contributed by atoms with Gasteiger partial charge in [-0.1, -0.05) is 18.2 Å². The van der Waals surface area contributed by atoms with Gasteiger partial charge in [0.05, 0.1) is 18.5 Å². The molecule has 1 aliphatic rings. The van der Waals surface area contributed by atoms with Crippen LogP contribution in [0, 0.1) is 5.41 Å². The number of aromatic nitrogens is 2. The summed E-state index contributed by atoms with van der Waals surface area (Å²) >= 11 is 0. The number of amides is 1. The zero-order valence-corrected chi connectivity index (χ0v) is 16.6. The number of aryl methyl sites for hydroxylation is 1. The monoisotopic (exact) mass is 392 g/mol. The maximum Gasteiger partial charge on any atom is 0.220 e. The molecule has 0 unspecified atom stereocenters. The van der Waals surface area contributed by atoms with Crippen LogP contribution in [-0.4, -0.2) is 49.0 Å². The lowest BCUT2D eigenvalue weighted by Crippen LogP contribution is -2.47. The molecule has 1 aromatic heterocycles. The predicted molar refractivity (Wildman–Crippen MR) is 109 cm³/mol. The number of hydrogen-bond donors (Lipinski definition) is 2. The smallest absolute Gasteiger partial charge is 0.220 e. The molecule has 0 radical (unpaired) electrons. The minimum Gasteiger partial charge on any atom is -0.384 e. The topological polar surface area (TPSA) is 68.2 Å². The fourth-order valence-electron chi connectivity index (χ4n) is 3.48. The second kappa shape index (κ2) is 10.4. The SMILES string of the molecule is COCC1(CNC(=O)CCc2cnn(-c3ccccc3)c2)CCNCC1.Cl. The molecule has 6 nitrogen and oxygen atoms in total. The summed E-state index contributed by atoms with van der Waals surface area (Å²) in [6.07, 6.45) is 7.05. The third-order valence-corrected chi connectivity index (χ3v) is 5.07. The van der Waals surface area contributed by atoms with Crippen molar-refractivity contribution in [1.82, 2.24) is 20.4 Å². The number of nitrogens with zero attached hydrogens (tertiary/aromatic N) is 2. The van der Waals surface area contributed by atoms with Crippen molar-refractivity contribution >= 4 is 18.3 Å². The molecule has 1 fully saturated rings.